The van der Waals surface area contributed by atoms with Crippen LogP contribution in [0.4, 0.5) is 5.69 Å². The minimum Gasteiger partial charge on any atom is -0.320 e. The van der Waals surface area contributed by atoms with Crippen LogP contribution in [-0.2, 0) is 4.79 Å². The van der Waals surface area contributed by atoms with E-state index in [1.807, 2.05) is 6.07 Å². The van der Waals surface area contributed by atoms with Crippen molar-refractivity contribution in [3.8, 4) is 6.07 Å². The summed E-state index contributed by atoms with van der Waals surface area (Å²) in [7, 11) is 0. The number of hydrogen-bond donors (Lipinski definition) is 1. The molecule has 2 aromatic rings. The van der Waals surface area contributed by atoms with Gasteiger partial charge in [0.2, 0.25) is 0 Å². The highest BCUT2D eigenvalue weighted by Gasteiger charge is 2.13. The SMILES string of the molecule is N#C/C(=C\c1cccc(Cl)c1Cl)C(=O)Nc1cc(Cl)ccc1Cl. The van der Waals surface area contributed by atoms with Crippen molar-refractivity contribution >= 4 is 64.1 Å². The zero-order chi connectivity index (χ0) is 17.0. The van der Waals surface area contributed by atoms with E-state index in [4.69, 9.17) is 46.4 Å². The Bertz CT molecular complexity index is 840. The van der Waals surface area contributed by atoms with Gasteiger partial charge in [0, 0.05) is 5.02 Å². The summed E-state index contributed by atoms with van der Waals surface area (Å²) in [6.45, 7) is 0. The number of carbonyl (C=O) groups is 1. The third-order valence-corrected chi connectivity index (χ3v) is 4.22. The lowest BCUT2D eigenvalue weighted by Crippen LogP contribution is -2.13. The summed E-state index contributed by atoms with van der Waals surface area (Å²) in [5.74, 6) is -0.632. The van der Waals surface area contributed by atoms with Crippen LogP contribution in [0, 0.1) is 11.3 Å². The summed E-state index contributed by atoms with van der Waals surface area (Å²) in [5.41, 5.74) is 0.621. The van der Waals surface area contributed by atoms with Gasteiger partial charge in [-0.15, -0.1) is 0 Å². The van der Waals surface area contributed by atoms with Crippen LogP contribution in [0.3, 0.4) is 0 Å². The minimum atomic E-state index is -0.632. The van der Waals surface area contributed by atoms with Gasteiger partial charge in [-0.3, -0.25) is 4.79 Å². The van der Waals surface area contributed by atoms with Crippen LogP contribution in [0.1, 0.15) is 5.56 Å². The molecule has 1 amide bonds. The average Bonchev–Trinajstić information content (AvgIpc) is 2.52. The fourth-order valence-electron chi connectivity index (χ4n) is 1.72. The quantitative estimate of drug-likeness (QED) is 0.532. The number of nitriles is 1. The van der Waals surface area contributed by atoms with Gasteiger partial charge in [-0.2, -0.15) is 5.26 Å². The predicted octanol–water partition coefficient (Wildman–Crippen LogP) is 5.85. The maximum atomic E-state index is 12.2. The third-order valence-electron chi connectivity index (χ3n) is 2.82. The highest BCUT2D eigenvalue weighted by molar-refractivity contribution is 6.43. The fourth-order valence-corrected chi connectivity index (χ4v) is 2.42. The number of halogens is 4. The molecule has 0 spiro atoms. The number of hydrogen-bond acceptors (Lipinski definition) is 2. The predicted molar refractivity (Wildman–Crippen MR) is 95.1 cm³/mol. The third kappa shape index (κ3) is 4.40. The molecule has 0 saturated carbocycles. The number of nitrogens with zero attached hydrogens (tertiary/aromatic N) is 1. The second kappa shape index (κ2) is 7.72. The Labute approximate surface area is 153 Å². The molecule has 0 atom stereocenters. The van der Waals surface area contributed by atoms with Crippen LogP contribution in [0.5, 0.6) is 0 Å². The van der Waals surface area contributed by atoms with E-state index < -0.39 is 5.91 Å². The molecule has 0 aromatic heterocycles. The van der Waals surface area contributed by atoms with E-state index in [2.05, 4.69) is 5.32 Å². The number of carbonyl (C=O) groups excluding carboxylic acids is 1. The van der Waals surface area contributed by atoms with Crippen LogP contribution in [0.25, 0.3) is 6.08 Å². The smallest absolute Gasteiger partial charge is 0.266 e. The van der Waals surface area contributed by atoms with Gasteiger partial charge in [-0.25, -0.2) is 0 Å². The molecular formula is C16H8Cl4N2O. The molecule has 2 rings (SSSR count). The number of benzene rings is 2. The molecule has 0 bridgehead atoms. The van der Waals surface area contributed by atoms with Crippen LogP contribution in [0.2, 0.25) is 20.1 Å². The van der Waals surface area contributed by atoms with Crippen molar-refractivity contribution in [2.75, 3.05) is 5.32 Å². The van der Waals surface area contributed by atoms with E-state index in [1.165, 1.54) is 12.1 Å². The monoisotopic (exact) mass is 384 g/mol. The summed E-state index contributed by atoms with van der Waals surface area (Å²) in [5, 5.41) is 13.0. The topological polar surface area (TPSA) is 52.9 Å². The number of anilines is 1. The van der Waals surface area contributed by atoms with Crippen LogP contribution >= 0.6 is 46.4 Å². The molecule has 7 heteroatoms. The summed E-state index contributed by atoms with van der Waals surface area (Å²) >= 11 is 23.8. The number of nitrogens with one attached hydrogen (secondary N) is 1. The van der Waals surface area contributed by atoms with Crippen molar-refractivity contribution in [1.29, 1.82) is 5.26 Å². The van der Waals surface area contributed by atoms with Crippen molar-refractivity contribution in [3.63, 3.8) is 0 Å². The summed E-state index contributed by atoms with van der Waals surface area (Å²) in [6, 6.07) is 11.4. The first-order valence-corrected chi connectivity index (χ1v) is 7.75. The van der Waals surface area contributed by atoms with E-state index in [0.29, 0.717) is 26.3 Å². The molecule has 0 aliphatic heterocycles. The van der Waals surface area contributed by atoms with Crippen molar-refractivity contribution in [2.45, 2.75) is 0 Å². The zero-order valence-electron chi connectivity index (χ0n) is 11.4. The molecule has 3 nitrogen and oxygen atoms in total. The fraction of sp³-hybridized carbons (Fsp3) is 0. The normalized spacial score (nSPS) is 11.0. The Balaban J connectivity index is 2.32. The Morgan fingerprint density at radius 1 is 1.09 bits per heavy atom. The molecule has 0 unspecified atom stereocenters. The molecule has 116 valence electrons. The van der Waals surface area contributed by atoms with Gasteiger partial charge in [0.25, 0.3) is 5.91 Å². The van der Waals surface area contributed by atoms with Crippen molar-refractivity contribution in [2.24, 2.45) is 0 Å². The Morgan fingerprint density at radius 2 is 1.83 bits per heavy atom. The molecular weight excluding hydrogens is 378 g/mol. The minimum absolute atomic E-state index is 0.148. The summed E-state index contributed by atoms with van der Waals surface area (Å²) in [6.07, 6.45) is 1.35. The van der Waals surface area contributed by atoms with Gasteiger partial charge in [-0.1, -0.05) is 58.5 Å². The standard InChI is InChI=1S/C16H8Cl4N2O/c17-11-4-5-12(18)14(7-11)22-16(23)10(8-21)6-9-2-1-3-13(19)15(9)20/h1-7H,(H,22,23)/b10-6+. The van der Waals surface area contributed by atoms with Crippen LogP contribution in [0.15, 0.2) is 42.0 Å². The lowest BCUT2D eigenvalue weighted by Gasteiger charge is -2.07. The number of rotatable bonds is 3. The second-order valence-corrected chi connectivity index (χ2v) is 6.02. The Kier molecular flexibility index (Phi) is 5.92. The van der Waals surface area contributed by atoms with E-state index in [-0.39, 0.29) is 10.6 Å². The molecule has 1 N–H and O–H groups in total. The molecule has 0 fully saturated rings. The Morgan fingerprint density at radius 3 is 2.52 bits per heavy atom. The highest BCUT2D eigenvalue weighted by Crippen LogP contribution is 2.28. The second-order valence-electron chi connectivity index (χ2n) is 4.39. The first-order chi connectivity index (χ1) is 10.9. The zero-order valence-corrected chi connectivity index (χ0v) is 14.4. The van der Waals surface area contributed by atoms with Gasteiger partial charge in [-0.05, 0) is 35.9 Å². The molecule has 0 radical (unpaired) electrons. The van der Waals surface area contributed by atoms with Crippen molar-refractivity contribution < 1.29 is 4.79 Å². The lowest BCUT2D eigenvalue weighted by atomic mass is 10.1. The molecule has 0 aliphatic carbocycles. The first kappa shape index (κ1) is 17.7. The van der Waals surface area contributed by atoms with E-state index in [9.17, 15) is 10.1 Å². The van der Waals surface area contributed by atoms with Gasteiger partial charge < -0.3 is 5.32 Å². The molecule has 2 aromatic carbocycles. The number of amides is 1. The first-order valence-electron chi connectivity index (χ1n) is 6.24. The van der Waals surface area contributed by atoms with Gasteiger partial charge in [0.1, 0.15) is 11.6 Å². The van der Waals surface area contributed by atoms with Crippen molar-refractivity contribution in [1.82, 2.24) is 0 Å². The Hall–Kier alpha value is -1.70. The average molecular weight is 386 g/mol. The van der Waals surface area contributed by atoms with Gasteiger partial charge >= 0.3 is 0 Å². The largest absolute Gasteiger partial charge is 0.320 e. The molecule has 0 saturated heterocycles. The highest BCUT2D eigenvalue weighted by atomic mass is 35.5. The maximum Gasteiger partial charge on any atom is 0.266 e. The van der Waals surface area contributed by atoms with Gasteiger partial charge in [0.05, 0.1) is 20.8 Å². The lowest BCUT2D eigenvalue weighted by molar-refractivity contribution is -0.112. The van der Waals surface area contributed by atoms with E-state index in [1.54, 1.807) is 30.3 Å². The van der Waals surface area contributed by atoms with Gasteiger partial charge in [0.15, 0.2) is 0 Å². The molecule has 0 aliphatic rings. The van der Waals surface area contributed by atoms with E-state index in [0.717, 1.165) is 0 Å². The van der Waals surface area contributed by atoms with E-state index >= 15 is 0 Å². The molecule has 23 heavy (non-hydrogen) atoms. The summed E-state index contributed by atoms with van der Waals surface area (Å²) < 4.78 is 0. The maximum absolute atomic E-state index is 12.2. The summed E-state index contributed by atoms with van der Waals surface area (Å²) in [4.78, 5) is 12.2. The van der Waals surface area contributed by atoms with Crippen LogP contribution in [-0.4, -0.2) is 5.91 Å². The van der Waals surface area contributed by atoms with Crippen LogP contribution < -0.4 is 5.32 Å². The van der Waals surface area contributed by atoms with Crippen molar-refractivity contribution in [3.05, 3.63) is 67.6 Å². The molecule has 0 heterocycles.